The topological polar surface area (TPSA) is 70.9 Å². The van der Waals surface area contributed by atoms with Crippen molar-refractivity contribution in [3.8, 4) is 17.6 Å². The van der Waals surface area contributed by atoms with E-state index in [1.807, 2.05) is 60.7 Å². The zero-order valence-corrected chi connectivity index (χ0v) is 20.1. The number of para-hydroxylation sites is 2. The van der Waals surface area contributed by atoms with E-state index in [-0.39, 0.29) is 0 Å². The van der Waals surface area contributed by atoms with E-state index in [1.165, 1.54) is 11.8 Å². The molecule has 0 aliphatic heterocycles. The highest BCUT2D eigenvalue weighted by molar-refractivity contribution is 9.10. The fourth-order valence-corrected chi connectivity index (χ4v) is 4.56. The van der Waals surface area contributed by atoms with Crippen LogP contribution in [-0.2, 0) is 6.61 Å². The molecule has 0 aliphatic carbocycles. The fraction of sp³-hybridized carbons (Fsp3) is 0.0833. The van der Waals surface area contributed by atoms with Crippen LogP contribution in [0.2, 0.25) is 5.02 Å². The lowest BCUT2D eigenvalue weighted by molar-refractivity contribution is 0.282. The summed E-state index contributed by atoms with van der Waals surface area (Å²) in [4.78, 5) is 8.23. The Morgan fingerprint density at radius 2 is 2.00 bits per heavy atom. The second-order valence-electron chi connectivity index (χ2n) is 6.70. The molecule has 3 aromatic carbocycles. The number of hydrogen-bond donors (Lipinski definition) is 1. The highest BCUT2D eigenvalue weighted by Gasteiger charge is 2.13. The summed E-state index contributed by atoms with van der Waals surface area (Å²) in [5.74, 6) is 1.11. The minimum absolute atomic E-state index is 0.301. The summed E-state index contributed by atoms with van der Waals surface area (Å²) in [6.07, 6.45) is 1.78. The quantitative estimate of drug-likeness (QED) is 0.203. The second kappa shape index (κ2) is 10.1. The van der Waals surface area contributed by atoms with Crippen molar-refractivity contribution in [1.29, 1.82) is 5.26 Å². The van der Waals surface area contributed by atoms with Crippen LogP contribution in [0.4, 0.5) is 0 Å². The maximum absolute atomic E-state index is 9.65. The van der Waals surface area contributed by atoms with E-state index in [0.29, 0.717) is 37.7 Å². The van der Waals surface area contributed by atoms with Gasteiger partial charge in [0.05, 0.1) is 27.5 Å². The van der Waals surface area contributed by atoms with Gasteiger partial charge in [-0.1, -0.05) is 41.9 Å². The lowest BCUT2D eigenvalue weighted by atomic mass is 10.2. The number of aromatic amines is 1. The van der Waals surface area contributed by atoms with E-state index in [4.69, 9.17) is 21.1 Å². The Kier molecular flexibility index (Phi) is 7.05. The van der Waals surface area contributed by atoms with E-state index >= 15 is 0 Å². The molecule has 32 heavy (non-hydrogen) atoms. The van der Waals surface area contributed by atoms with Crippen LogP contribution >= 0.6 is 39.3 Å². The third-order valence-corrected chi connectivity index (χ3v) is 6.34. The van der Waals surface area contributed by atoms with Gasteiger partial charge in [0.2, 0.25) is 0 Å². The minimum atomic E-state index is 0.301. The van der Waals surface area contributed by atoms with E-state index < -0.39 is 0 Å². The Morgan fingerprint density at radius 1 is 1.22 bits per heavy atom. The second-order valence-corrected chi connectivity index (χ2v) is 8.99. The summed E-state index contributed by atoms with van der Waals surface area (Å²) in [5, 5.41) is 10.9. The van der Waals surface area contributed by atoms with Crippen molar-refractivity contribution in [3.05, 3.63) is 86.2 Å². The van der Waals surface area contributed by atoms with Gasteiger partial charge in [-0.25, -0.2) is 4.98 Å². The number of aromatic nitrogens is 2. The number of nitrogens with one attached hydrogen (secondary N) is 1. The molecule has 1 N–H and O–H groups in total. The molecule has 0 spiro atoms. The third kappa shape index (κ3) is 5.10. The molecule has 8 heteroatoms. The highest BCUT2D eigenvalue weighted by atomic mass is 79.9. The van der Waals surface area contributed by atoms with Crippen molar-refractivity contribution >= 4 is 56.4 Å². The number of fused-ring (bicyclic) bond motifs is 1. The molecule has 0 atom stereocenters. The van der Waals surface area contributed by atoms with Crippen molar-refractivity contribution < 1.29 is 9.47 Å². The molecule has 4 rings (SSSR count). The Labute approximate surface area is 203 Å². The molecule has 0 saturated heterocycles. The number of benzene rings is 3. The van der Waals surface area contributed by atoms with Gasteiger partial charge in [0, 0.05) is 10.6 Å². The molecule has 5 nitrogen and oxygen atoms in total. The fourth-order valence-electron chi connectivity index (χ4n) is 3.05. The molecule has 0 amide bonds. The molecule has 1 aromatic heterocycles. The Bertz CT molecular complexity index is 1310. The summed E-state index contributed by atoms with van der Waals surface area (Å²) >= 11 is 11.1. The van der Waals surface area contributed by atoms with Gasteiger partial charge in [-0.05, 0) is 69.7 Å². The first-order valence-electron chi connectivity index (χ1n) is 9.55. The van der Waals surface area contributed by atoms with Gasteiger partial charge in [0.25, 0.3) is 0 Å². The first-order valence-corrected chi connectivity index (χ1v) is 11.5. The van der Waals surface area contributed by atoms with Crippen LogP contribution in [0.15, 0.2) is 75.2 Å². The predicted octanol–water partition coefficient (Wildman–Crippen LogP) is 7.22. The molecule has 0 fully saturated rings. The van der Waals surface area contributed by atoms with E-state index in [0.717, 1.165) is 22.2 Å². The standard InChI is InChI=1S/C24H17BrClN3O2S/c1-30-22-12-15(11-18(25)23(22)31-14-16-6-2-3-7-19(16)26)10-17(13-27)32-24-28-20-8-4-5-9-21(20)29-24/h2-12H,14H2,1H3,(H,28,29)/b17-10+. The zero-order valence-electron chi connectivity index (χ0n) is 16.9. The SMILES string of the molecule is COc1cc(/C=C(\C#N)Sc2nc3ccccc3[nH]2)cc(Br)c1OCc1ccccc1Cl. The van der Waals surface area contributed by atoms with E-state index in [9.17, 15) is 5.26 Å². The largest absolute Gasteiger partial charge is 0.493 e. The predicted molar refractivity (Wildman–Crippen MR) is 132 cm³/mol. The number of nitriles is 1. The Balaban J connectivity index is 1.57. The van der Waals surface area contributed by atoms with Gasteiger partial charge in [-0.2, -0.15) is 5.26 Å². The molecule has 0 radical (unpaired) electrons. The van der Waals surface area contributed by atoms with E-state index in [1.54, 1.807) is 13.2 Å². The number of ether oxygens (including phenoxy) is 2. The number of nitrogens with zero attached hydrogens (tertiary/aromatic N) is 2. The highest BCUT2D eigenvalue weighted by Crippen LogP contribution is 2.39. The van der Waals surface area contributed by atoms with E-state index in [2.05, 4.69) is 32.0 Å². The van der Waals surface area contributed by atoms with Gasteiger partial charge in [-0.3, -0.25) is 0 Å². The average molecular weight is 527 g/mol. The van der Waals surface area contributed by atoms with Crippen LogP contribution in [0.25, 0.3) is 17.1 Å². The molecule has 0 bridgehead atoms. The number of halogens is 2. The van der Waals surface area contributed by atoms with Crippen LogP contribution in [-0.4, -0.2) is 17.1 Å². The molecule has 1 heterocycles. The van der Waals surface area contributed by atoms with Crippen molar-refractivity contribution in [3.63, 3.8) is 0 Å². The number of rotatable bonds is 7. The smallest absolute Gasteiger partial charge is 0.175 e. The molecule has 0 aliphatic rings. The van der Waals surface area contributed by atoms with Gasteiger partial charge in [0.1, 0.15) is 12.7 Å². The summed E-state index contributed by atoms with van der Waals surface area (Å²) < 4.78 is 12.2. The Hall–Kier alpha value is -2.92. The number of thioether (sulfide) groups is 1. The Morgan fingerprint density at radius 3 is 2.75 bits per heavy atom. The van der Waals surface area contributed by atoms with Crippen molar-refractivity contribution in [2.24, 2.45) is 0 Å². The van der Waals surface area contributed by atoms with Crippen LogP contribution < -0.4 is 9.47 Å². The minimum Gasteiger partial charge on any atom is -0.493 e. The summed E-state index contributed by atoms with van der Waals surface area (Å²) in [6.45, 7) is 0.301. The van der Waals surface area contributed by atoms with Gasteiger partial charge in [-0.15, -0.1) is 0 Å². The maximum Gasteiger partial charge on any atom is 0.175 e. The number of H-pyrrole nitrogens is 1. The molecule has 0 unspecified atom stereocenters. The molecule has 4 aromatic rings. The first-order chi connectivity index (χ1) is 15.6. The summed E-state index contributed by atoms with van der Waals surface area (Å²) in [5.41, 5.74) is 3.45. The number of imidazole rings is 1. The molecule has 160 valence electrons. The normalized spacial score (nSPS) is 11.4. The molecular formula is C24H17BrClN3O2S. The monoisotopic (exact) mass is 525 g/mol. The van der Waals surface area contributed by atoms with Crippen LogP contribution in [0.5, 0.6) is 11.5 Å². The zero-order chi connectivity index (χ0) is 22.5. The molecule has 0 saturated carbocycles. The lowest BCUT2D eigenvalue weighted by Crippen LogP contribution is -1.99. The number of methoxy groups -OCH3 is 1. The summed E-state index contributed by atoms with van der Waals surface area (Å²) in [7, 11) is 1.58. The average Bonchev–Trinajstić information content (AvgIpc) is 3.21. The van der Waals surface area contributed by atoms with Crippen LogP contribution in [0, 0.1) is 11.3 Å². The molecular weight excluding hydrogens is 510 g/mol. The van der Waals surface area contributed by atoms with Gasteiger partial charge >= 0.3 is 0 Å². The number of allylic oxidation sites excluding steroid dienone is 1. The number of hydrogen-bond acceptors (Lipinski definition) is 5. The van der Waals surface area contributed by atoms with Crippen molar-refractivity contribution in [2.75, 3.05) is 7.11 Å². The maximum atomic E-state index is 9.65. The van der Waals surface area contributed by atoms with Crippen LogP contribution in [0.3, 0.4) is 0 Å². The van der Waals surface area contributed by atoms with Crippen molar-refractivity contribution in [1.82, 2.24) is 9.97 Å². The van der Waals surface area contributed by atoms with Crippen LogP contribution in [0.1, 0.15) is 11.1 Å². The van der Waals surface area contributed by atoms with Crippen molar-refractivity contribution in [2.45, 2.75) is 11.8 Å². The van der Waals surface area contributed by atoms with Gasteiger partial charge in [0.15, 0.2) is 16.7 Å². The first kappa shape index (κ1) is 22.3. The lowest BCUT2D eigenvalue weighted by Gasteiger charge is -2.14. The van der Waals surface area contributed by atoms with Gasteiger partial charge < -0.3 is 14.5 Å². The third-order valence-electron chi connectivity index (χ3n) is 4.56. The summed E-state index contributed by atoms with van der Waals surface area (Å²) in [6, 6.07) is 21.2.